The molecule has 0 bridgehead atoms. The summed E-state index contributed by atoms with van der Waals surface area (Å²) in [5.41, 5.74) is 3.97. The second-order valence-corrected chi connectivity index (χ2v) is 4.64. The van der Waals surface area contributed by atoms with Crippen LogP contribution < -0.4 is 5.32 Å². The van der Waals surface area contributed by atoms with Crippen LogP contribution in [0.15, 0.2) is 53.4 Å². The first-order valence-electron chi connectivity index (χ1n) is 5.41. The molecule has 1 aromatic rings. The maximum absolute atomic E-state index is 5.42. The van der Waals surface area contributed by atoms with E-state index in [1.165, 1.54) is 0 Å². The second kappa shape index (κ2) is 4.80. The van der Waals surface area contributed by atoms with Crippen molar-refractivity contribution in [2.24, 2.45) is 0 Å². The molecule has 1 N–H and O–H groups in total. The normalized spacial score (nSPS) is 13.5. The van der Waals surface area contributed by atoms with Gasteiger partial charge in [-0.3, -0.25) is 0 Å². The first-order chi connectivity index (χ1) is 8.13. The van der Waals surface area contributed by atoms with Gasteiger partial charge in [0.1, 0.15) is 5.76 Å². The first-order valence-corrected chi connectivity index (χ1v) is 6.20. The minimum atomic E-state index is 0.608. The summed E-state index contributed by atoms with van der Waals surface area (Å²) >= 11 is 3.45. The molecular formula is C14H14BrNO. The second-order valence-electron chi connectivity index (χ2n) is 3.73. The van der Waals surface area contributed by atoms with E-state index in [0.29, 0.717) is 12.4 Å². The summed E-state index contributed by atoms with van der Waals surface area (Å²) in [5, 5.41) is 3.23. The van der Waals surface area contributed by atoms with Crippen LogP contribution >= 0.6 is 15.9 Å². The Morgan fingerprint density at radius 2 is 2.24 bits per heavy atom. The van der Waals surface area contributed by atoms with Gasteiger partial charge in [0.05, 0.1) is 6.61 Å². The number of hydrogen-bond acceptors (Lipinski definition) is 2. The minimum absolute atomic E-state index is 0.608. The number of nitrogens with one attached hydrogen (secondary N) is 1. The Labute approximate surface area is 110 Å². The van der Waals surface area contributed by atoms with E-state index in [1.807, 2.05) is 31.3 Å². The fourth-order valence-electron chi connectivity index (χ4n) is 1.78. The Kier molecular flexibility index (Phi) is 3.38. The molecule has 1 heterocycles. The quantitative estimate of drug-likeness (QED) is 0.838. The summed E-state index contributed by atoms with van der Waals surface area (Å²) in [4.78, 5) is 0. The van der Waals surface area contributed by atoms with Crippen molar-refractivity contribution in [3.63, 3.8) is 0 Å². The van der Waals surface area contributed by atoms with Crippen LogP contribution in [0.5, 0.6) is 0 Å². The van der Waals surface area contributed by atoms with E-state index in [4.69, 9.17) is 4.74 Å². The topological polar surface area (TPSA) is 21.3 Å². The zero-order valence-electron chi connectivity index (χ0n) is 9.72. The monoisotopic (exact) mass is 291 g/mol. The van der Waals surface area contributed by atoms with Gasteiger partial charge in [-0.25, -0.2) is 0 Å². The van der Waals surface area contributed by atoms with Crippen molar-refractivity contribution in [3.05, 3.63) is 58.9 Å². The highest BCUT2D eigenvalue weighted by molar-refractivity contribution is 9.10. The Hall–Kier alpha value is -1.48. The number of anilines is 1. The van der Waals surface area contributed by atoms with E-state index >= 15 is 0 Å². The molecule has 0 unspecified atom stereocenters. The molecular weight excluding hydrogens is 278 g/mol. The van der Waals surface area contributed by atoms with Crippen LogP contribution in [0.1, 0.15) is 12.5 Å². The molecule has 88 valence electrons. The zero-order valence-corrected chi connectivity index (χ0v) is 11.3. The van der Waals surface area contributed by atoms with Crippen molar-refractivity contribution in [1.29, 1.82) is 0 Å². The fraction of sp³-hybridized carbons (Fsp3) is 0.143. The van der Waals surface area contributed by atoms with Crippen molar-refractivity contribution in [1.82, 2.24) is 0 Å². The van der Waals surface area contributed by atoms with Crippen LogP contribution in [0.3, 0.4) is 0 Å². The molecule has 0 aromatic heterocycles. The van der Waals surface area contributed by atoms with Crippen LogP contribution in [0.25, 0.3) is 5.57 Å². The third-order valence-corrected chi connectivity index (χ3v) is 3.12. The van der Waals surface area contributed by atoms with Crippen molar-refractivity contribution >= 4 is 27.2 Å². The molecule has 0 fully saturated rings. The zero-order chi connectivity index (χ0) is 12.4. The lowest BCUT2D eigenvalue weighted by Crippen LogP contribution is -2.07. The lowest BCUT2D eigenvalue weighted by Gasteiger charge is -2.22. The van der Waals surface area contributed by atoms with E-state index in [-0.39, 0.29) is 0 Å². The predicted molar refractivity (Wildman–Crippen MR) is 75.6 cm³/mol. The minimum Gasteiger partial charge on any atom is -0.494 e. The maximum Gasteiger partial charge on any atom is 0.121 e. The number of hydrogen-bond donors (Lipinski definition) is 1. The third-order valence-electron chi connectivity index (χ3n) is 2.62. The van der Waals surface area contributed by atoms with E-state index in [2.05, 4.69) is 34.4 Å². The van der Waals surface area contributed by atoms with Crippen molar-refractivity contribution in [2.45, 2.75) is 6.92 Å². The lowest BCUT2D eigenvalue weighted by atomic mass is 9.95. The number of benzene rings is 1. The van der Waals surface area contributed by atoms with Crippen molar-refractivity contribution < 1.29 is 4.74 Å². The molecule has 0 radical (unpaired) electrons. The van der Waals surface area contributed by atoms with Crippen molar-refractivity contribution in [3.8, 4) is 0 Å². The Morgan fingerprint density at radius 3 is 2.94 bits per heavy atom. The molecule has 0 saturated carbocycles. The van der Waals surface area contributed by atoms with Gasteiger partial charge in [-0.2, -0.15) is 0 Å². The van der Waals surface area contributed by atoms with Gasteiger partial charge in [-0.1, -0.05) is 35.2 Å². The highest BCUT2D eigenvalue weighted by atomic mass is 79.9. The molecule has 0 saturated heterocycles. The van der Waals surface area contributed by atoms with Crippen LogP contribution in [-0.4, -0.2) is 6.61 Å². The van der Waals surface area contributed by atoms with Gasteiger partial charge in [0.25, 0.3) is 0 Å². The first kappa shape index (κ1) is 12.0. The summed E-state index contributed by atoms with van der Waals surface area (Å²) in [6.07, 6.45) is 1.88. The average Bonchev–Trinajstić information content (AvgIpc) is 2.29. The van der Waals surface area contributed by atoms with Crippen LogP contribution in [0.4, 0.5) is 5.69 Å². The van der Waals surface area contributed by atoms with Crippen LogP contribution in [-0.2, 0) is 4.74 Å². The highest BCUT2D eigenvalue weighted by Gasteiger charge is 2.17. The molecule has 1 aliphatic heterocycles. The molecule has 0 aliphatic carbocycles. The van der Waals surface area contributed by atoms with Gasteiger partial charge >= 0.3 is 0 Å². The molecule has 3 heteroatoms. The molecule has 2 rings (SSSR count). The molecule has 0 spiro atoms. The number of ether oxygens (including phenoxy) is 1. The van der Waals surface area contributed by atoms with Gasteiger partial charge in [-0.15, -0.1) is 0 Å². The molecule has 1 aromatic carbocycles. The van der Waals surface area contributed by atoms with E-state index in [0.717, 1.165) is 26.9 Å². The van der Waals surface area contributed by atoms with E-state index in [9.17, 15) is 0 Å². The summed E-state index contributed by atoms with van der Waals surface area (Å²) in [6, 6.07) is 6.05. The molecule has 0 amide bonds. The van der Waals surface area contributed by atoms with Gasteiger partial charge in [0.15, 0.2) is 0 Å². The SMILES string of the molecule is C=C(OCC)C1=CNc2cc(Br)ccc2C1=C. The van der Waals surface area contributed by atoms with Gasteiger partial charge in [0.2, 0.25) is 0 Å². The number of allylic oxidation sites excluding steroid dienone is 1. The maximum atomic E-state index is 5.42. The Morgan fingerprint density at radius 1 is 1.47 bits per heavy atom. The Balaban J connectivity index is 2.34. The van der Waals surface area contributed by atoms with E-state index in [1.54, 1.807) is 0 Å². The fourth-order valence-corrected chi connectivity index (χ4v) is 2.14. The molecule has 0 atom stereocenters. The van der Waals surface area contributed by atoms with Gasteiger partial charge in [0, 0.05) is 27.5 Å². The molecule has 2 nitrogen and oxygen atoms in total. The number of fused-ring (bicyclic) bond motifs is 1. The van der Waals surface area contributed by atoms with E-state index < -0.39 is 0 Å². The number of rotatable bonds is 3. The van der Waals surface area contributed by atoms with Crippen LogP contribution in [0.2, 0.25) is 0 Å². The van der Waals surface area contributed by atoms with Gasteiger partial charge in [-0.05, 0) is 24.6 Å². The van der Waals surface area contributed by atoms with Crippen LogP contribution in [0, 0.1) is 0 Å². The average molecular weight is 292 g/mol. The largest absolute Gasteiger partial charge is 0.494 e. The summed E-state index contributed by atoms with van der Waals surface area (Å²) in [6.45, 7) is 10.6. The number of halogens is 1. The Bertz CT molecular complexity index is 517. The van der Waals surface area contributed by atoms with Gasteiger partial charge < -0.3 is 10.1 Å². The molecule has 17 heavy (non-hydrogen) atoms. The summed E-state index contributed by atoms with van der Waals surface area (Å²) < 4.78 is 6.46. The standard InChI is InChI=1S/C14H14BrNO/c1-4-17-10(3)13-8-16-14-7-11(15)5-6-12(14)9(13)2/h5-8,16H,2-4H2,1H3. The predicted octanol–water partition coefficient (Wildman–Crippen LogP) is 4.32. The lowest BCUT2D eigenvalue weighted by molar-refractivity contribution is 0.241. The smallest absolute Gasteiger partial charge is 0.121 e. The molecule has 1 aliphatic rings. The van der Waals surface area contributed by atoms with Crippen molar-refractivity contribution in [2.75, 3.05) is 11.9 Å². The summed E-state index contributed by atoms with van der Waals surface area (Å²) in [5.74, 6) is 0.651. The third kappa shape index (κ3) is 2.29. The summed E-state index contributed by atoms with van der Waals surface area (Å²) in [7, 11) is 0. The highest BCUT2D eigenvalue weighted by Crippen LogP contribution is 2.36.